The predicted octanol–water partition coefficient (Wildman–Crippen LogP) is 0.262. The van der Waals surface area contributed by atoms with Gasteiger partial charge in [0.25, 0.3) is 0 Å². The summed E-state index contributed by atoms with van der Waals surface area (Å²) in [6, 6.07) is -1.40. The number of urea groups is 1. The second-order valence-electron chi connectivity index (χ2n) is 4.42. The smallest absolute Gasteiger partial charge is 0.326 e. The highest BCUT2D eigenvalue weighted by Crippen LogP contribution is 2.03. The zero-order chi connectivity index (χ0) is 12.9. The van der Waals surface area contributed by atoms with Crippen LogP contribution < -0.4 is 5.32 Å². The Labute approximate surface area is 95.2 Å². The number of aliphatic carboxylic acids is 1. The maximum Gasteiger partial charge on any atom is 0.326 e. The summed E-state index contributed by atoms with van der Waals surface area (Å²) in [4.78, 5) is 23.5. The van der Waals surface area contributed by atoms with Crippen LogP contribution in [0.3, 0.4) is 0 Å². The molecule has 0 unspecified atom stereocenters. The summed E-state index contributed by atoms with van der Waals surface area (Å²) in [6.07, 6.45) is 0.317. The molecule has 0 aromatic rings. The van der Waals surface area contributed by atoms with Gasteiger partial charge in [0.05, 0.1) is 12.1 Å². The van der Waals surface area contributed by atoms with Crippen molar-refractivity contribution in [2.24, 2.45) is 0 Å². The molecular formula is C10H20N2O4. The molecule has 0 saturated heterocycles. The van der Waals surface area contributed by atoms with Gasteiger partial charge in [-0.05, 0) is 20.3 Å². The van der Waals surface area contributed by atoms with Crippen molar-refractivity contribution in [2.45, 2.75) is 38.8 Å². The molecule has 0 aliphatic carbocycles. The fraction of sp³-hybridized carbons (Fsp3) is 0.800. The molecule has 1 atom stereocenters. The lowest BCUT2D eigenvalue weighted by Gasteiger charge is -2.26. The van der Waals surface area contributed by atoms with Gasteiger partial charge in [-0.3, -0.25) is 0 Å². The van der Waals surface area contributed by atoms with Gasteiger partial charge in [0.1, 0.15) is 6.04 Å². The Morgan fingerprint density at radius 2 is 1.94 bits per heavy atom. The highest BCUT2D eigenvalue weighted by molar-refractivity contribution is 5.82. The zero-order valence-electron chi connectivity index (χ0n) is 10.1. The summed E-state index contributed by atoms with van der Waals surface area (Å²) in [6.45, 7) is 4.96. The SMILES string of the molecule is CC[C@@H](NC(=O)N(C)CC(C)(C)O)C(=O)O. The van der Waals surface area contributed by atoms with E-state index in [1.165, 1.54) is 11.9 Å². The predicted molar refractivity (Wildman–Crippen MR) is 59.2 cm³/mol. The summed E-state index contributed by atoms with van der Waals surface area (Å²) < 4.78 is 0. The van der Waals surface area contributed by atoms with Crippen LogP contribution in [0.4, 0.5) is 4.79 Å². The van der Waals surface area contributed by atoms with E-state index >= 15 is 0 Å². The molecule has 0 aromatic carbocycles. The minimum atomic E-state index is -1.06. The van der Waals surface area contributed by atoms with Crippen LogP contribution in [0.2, 0.25) is 0 Å². The molecule has 6 nitrogen and oxygen atoms in total. The van der Waals surface area contributed by atoms with Crippen molar-refractivity contribution >= 4 is 12.0 Å². The molecule has 6 heteroatoms. The van der Waals surface area contributed by atoms with Crippen LogP contribution in [-0.4, -0.2) is 52.3 Å². The van der Waals surface area contributed by atoms with Crippen molar-refractivity contribution in [3.63, 3.8) is 0 Å². The minimum Gasteiger partial charge on any atom is -0.480 e. The molecular weight excluding hydrogens is 212 g/mol. The molecule has 0 bridgehead atoms. The van der Waals surface area contributed by atoms with Crippen LogP contribution >= 0.6 is 0 Å². The molecule has 0 rings (SSSR count). The first-order chi connectivity index (χ1) is 7.17. The lowest BCUT2D eigenvalue weighted by Crippen LogP contribution is -2.49. The number of aliphatic hydroxyl groups is 1. The third-order valence-corrected chi connectivity index (χ3v) is 1.97. The largest absolute Gasteiger partial charge is 0.480 e. The Balaban J connectivity index is 4.29. The number of hydrogen-bond acceptors (Lipinski definition) is 3. The Bertz CT molecular complexity index is 260. The molecule has 0 aliphatic heterocycles. The van der Waals surface area contributed by atoms with Crippen LogP contribution in [0.5, 0.6) is 0 Å². The van der Waals surface area contributed by atoms with E-state index in [9.17, 15) is 14.7 Å². The molecule has 0 radical (unpaired) electrons. The molecule has 0 aliphatic rings. The maximum absolute atomic E-state index is 11.5. The van der Waals surface area contributed by atoms with Crippen molar-refractivity contribution in [1.29, 1.82) is 0 Å². The first-order valence-electron chi connectivity index (χ1n) is 5.14. The van der Waals surface area contributed by atoms with E-state index in [1.54, 1.807) is 20.8 Å². The van der Waals surface area contributed by atoms with Gasteiger partial charge in [-0.25, -0.2) is 9.59 Å². The van der Waals surface area contributed by atoms with Gasteiger partial charge in [-0.15, -0.1) is 0 Å². The highest BCUT2D eigenvalue weighted by Gasteiger charge is 2.23. The standard InChI is InChI=1S/C10H20N2O4/c1-5-7(8(13)14)11-9(15)12(4)6-10(2,3)16/h7,16H,5-6H2,1-4H3,(H,11,15)(H,13,14)/t7-/m1/s1. The number of amides is 2. The fourth-order valence-electron chi connectivity index (χ4n) is 1.25. The third-order valence-electron chi connectivity index (χ3n) is 1.97. The quantitative estimate of drug-likeness (QED) is 0.634. The van der Waals surface area contributed by atoms with Gasteiger partial charge in [0.15, 0.2) is 0 Å². The van der Waals surface area contributed by atoms with Crippen molar-refractivity contribution in [3.05, 3.63) is 0 Å². The van der Waals surface area contributed by atoms with Crippen LogP contribution in [0.25, 0.3) is 0 Å². The van der Waals surface area contributed by atoms with E-state index in [-0.39, 0.29) is 6.54 Å². The average Bonchev–Trinajstić information content (AvgIpc) is 2.10. The Kier molecular flexibility index (Phi) is 5.23. The van der Waals surface area contributed by atoms with E-state index in [0.29, 0.717) is 6.42 Å². The van der Waals surface area contributed by atoms with Crippen molar-refractivity contribution in [1.82, 2.24) is 10.2 Å². The van der Waals surface area contributed by atoms with Crippen molar-refractivity contribution in [3.8, 4) is 0 Å². The third kappa shape index (κ3) is 5.55. The molecule has 0 spiro atoms. The van der Waals surface area contributed by atoms with Crippen LogP contribution in [0.1, 0.15) is 27.2 Å². The summed E-state index contributed by atoms with van der Waals surface area (Å²) in [5, 5.41) is 20.6. The Morgan fingerprint density at radius 1 is 1.44 bits per heavy atom. The normalized spacial score (nSPS) is 13.1. The fourth-order valence-corrected chi connectivity index (χ4v) is 1.25. The molecule has 94 valence electrons. The molecule has 0 aromatic heterocycles. The number of carbonyl (C=O) groups is 2. The first-order valence-corrected chi connectivity index (χ1v) is 5.14. The lowest BCUT2D eigenvalue weighted by atomic mass is 10.1. The first kappa shape index (κ1) is 14.7. The molecule has 16 heavy (non-hydrogen) atoms. The van der Waals surface area contributed by atoms with Crippen LogP contribution in [-0.2, 0) is 4.79 Å². The van der Waals surface area contributed by atoms with Gasteiger partial charge in [0.2, 0.25) is 0 Å². The number of nitrogens with zero attached hydrogens (tertiary/aromatic N) is 1. The molecule has 0 fully saturated rings. The minimum absolute atomic E-state index is 0.134. The van der Waals surface area contributed by atoms with E-state index in [0.717, 1.165) is 0 Å². The van der Waals surface area contributed by atoms with Gasteiger partial charge in [-0.1, -0.05) is 6.92 Å². The number of rotatable bonds is 5. The molecule has 3 N–H and O–H groups in total. The number of likely N-dealkylation sites (N-methyl/N-ethyl adjacent to an activating group) is 1. The monoisotopic (exact) mass is 232 g/mol. The maximum atomic E-state index is 11.5. The number of carbonyl (C=O) groups excluding carboxylic acids is 1. The van der Waals surface area contributed by atoms with Gasteiger partial charge in [-0.2, -0.15) is 0 Å². The zero-order valence-corrected chi connectivity index (χ0v) is 10.1. The number of nitrogens with one attached hydrogen (secondary N) is 1. The van der Waals surface area contributed by atoms with E-state index < -0.39 is 23.6 Å². The van der Waals surface area contributed by atoms with E-state index in [1.807, 2.05) is 0 Å². The van der Waals surface area contributed by atoms with E-state index in [2.05, 4.69) is 5.32 Å². The molecule has 0 saturated carbocycles. The summed E-state index contributed by atoms with van der Waals surface area (Å²) in [7, 11) is 1.50. The number of hydrogen-bond donors (Lipinski definition) is 3. The van der Waals surface area contributed by atoms with Crippen LogP contribution in [0, 0.1) is 0 Å². The van der Waals surface area contributed by atoms with Gasteiger partial charge in [0, 0.05) is 7.05 Å². The summed E-state index contributed by atoms with van der Waals surface area (Å²) in [5.74, 6) is -1.06. The Hall–Kier alpha value is -1.30. The van der Waals surface area contributed by atoms with Gasteiger partial charge >= 0.3 is 12.0 Å². The summed E-state index contributed by atoms with van der Waals surface area (Å²) >= 11 is 0. The number of carboxylic acids is 1. The Morgan fingerprint density at radius 3 is 2.25 bits per heavy atom. The van der Waals surface area contributed by atoms with Crippen molar-refractivity contribution < 1.29 is 19.8 Å². The summed E-state index contributed by atoms with van der Waals surface area (Å²) in [5.41, 5.74) is -1.00. The van der Waals surface area contributed by atoms with Gasteiger partial charge < -0.3 is 20.4 Å². The second kappa shape index (κ2) is 5.69. The lowest BCUT2D eigenvalue weighted by molar-refractivity contribution is -0.139. The molecule has 0 heterocycles. The highest BCUT2D eigenvalue weighted by atomic mass is 16.4. The van der Waals surface area contributed by atoms with Crippen LogP contribution in [0.15, 0.2) is 0 Å². The topological polar surface area (TPSA) is 89.9 Å². The second-order valence-corrected chi connectivity index (χ2v) is 4.42. The number of carboxylic acid groups (broad SMARTS) is 1. The van der Waals surface area contributed by atoms with E-state index in [4.69, 9.17) is 5.11 Å². The average molecular weight is 232 g/mol. The van der Waals surface area contributed by atoms with Crippen molar-refractivity contribution in [2.75, 3.05) is 13.6 Å². The molecule has 2 amide bonds.